The number of rotatable bonds is 5. The van der Waals surface area contributed by atoms with Gasteiger partial charge in [-0.05, 0) is 88.3 Å². The molecule has 1 aliphatic rings. The maximum atomic E-state index is 11.3. The molecular formula is C28H20O4. The summed E-state index contributed by atoms with van der Waals surface area (Å²) in [7, 11) is 0. The lowest BCUT2D eigenvalue weighted by Gasteiger charge is -2.11. The fourth-order valence-corrected chi connectivity index (χ4v) is 3.93. The lowest BCUT2D eigenvalue weighted by Crippen LogP contribution is -1.95. The van der Waals surface area contributed by atoms with E-state index in [4.69, 9.17) is 0 Å². The molecule has 0 saturated carbocycles. The van der Waals surface area contributed by atoms with Gasteiger partial charge in [-0.3, -0.25) is 19.2 Å². The van der Waals surface area contributed by atoms with Gasteiger partial charge in [-0.1, -0.05) is 30.4 Å². The Bertz CT molecular complexity index is 1370. The topological polar surface area (TPSA) is 68.3 Å². The molecule has 4 rings (SSSR count). The molecule has 0 spiro atoms. The molecule has 0 heterocycles. The fourth-order valence-electron chi connectivity index (χ4n) is 3.93. The molecule has 4 nitrogen and oxygen atoms in total. The van der Waals surface area contributed by atoms with Crippen molar-refractivity contribution in [3.63, 3.8) is 0 Å². The molecule has 0 unspecified atom stereocenters. The molecule has 0 saturated heterocycles. The zero-order chi connectivity index (χ0) is 22.7. The summed E-state index contributed by atoms with van der Waals surface area (Å²) in [6.45, 7) is 1.91. The number of aryl methyl sites for hydroxylation is 1. The zero-order valence-corrected chi connectivity index (χ0v) is 17.5. The van der Waals surface area contributed by atoms with E-state index in [0.717, 1.165) is 38.6 Å². The van der Waals surface area contributed by atoms with E-state index >= 15 is 0 Å². The molecule has 3 aromatic carbocycles. The SMILES string of the molecule is Cc1cc(C=O)c(C=O)cc1/C=C1/C=C\c2cc3cc(C=O)c(C=O)cc3cc2/C=C\C1. The Kier molecular flexibility index (Phi) is 5.86. The molecule has 0 amide bonds. The smallest absolute Gasteiger partial charge is 0.150 e. The molecule has 0 atom stereocenters. The van der Waals surface area contributed by atoms with Crippen LogP contribution in [0.2, 0.25) is 0 Å². The van der Waals surface area contributed by atoms with Gasteiger partial charge in [0.2, 0.25) is 0 Å². The lowest BCUT2D eigenvalue weighted by atomic mass is 9.93. The summed E-state index contributed by atoms with van der Waals surface area (Å²) in [5, 5.41) is 1.79. The van der Waals surface area contributed by atoms with E-state index in [9.17, 15) is 19.2 Å². The first kappa shape index (κ1) is 21.1. The monoisotopic (exact) mass is 420 g/mol. The van der Waals surface area contributed by atoms with Crippen molar-refractivity contribution >= 4 is 54.1 Å². The lowest BCUT2D eigenvalue weighted by molar-refractivity contribution is 0.109. The third-order valence-corrected chi connectivity index (χ3v) is 5.69. The van der Waals surface area contributed by atoms with Crippen molar-refractivity contribution in [3.8, 4) is 0 Å². The van der Waals surface area contributed by atoms with Crippen molar-refractivity contribution < 1.29 is 19.2 Å². The van der Waals surface area contributed by atoms with Gasteiger partial charge in [0.1, 0.15) is 0 Å². The minimum atomic E-state index is 0.374. The number of benzene rings is 3. The zero-order valence-electron chi connectivity index (χ0n) is 17.5. The van der Waals surface area contributed by atoms with Crippen LogP contribution >= 0.6 is 0 Å². The molecule has 0 aromatic heterocycles. The number of hydrogen-bond acceptors (Lipinski definition) is 4. The maximum Gasteiger partial charge on any atom is 0.150 e. The summed E-state index contributed by atoms with van der Waals surface area (Å²) in [6, 6.07) is 11.0. The van der Waals surface area contributed by atoms with Gasteiger partial charge in [-0.2, -0.15) is 0 Å². The number of aldehydes is 4. The van der Waals surface area contributed by atoms with Crippen LogP contribution in [0, 0.1) is 6.92 Å². The van der Waals surface area contributed by atoms with E-state index < -0.39 is 0 Å². The Labute approximate surface area is 185 Å². The van der Waals surface area contributed by atoms with Gasteiger partial charge >= 0.3 is 0 Å². The third kappa shape index (κ3) is 4.03. The van der Waals surface area contributed by atoms with E-state index in [1.807, 2.05) is 43.4 Å². The van der Waals surface area contributed by atoms with E-state index in [1.54, 1.807) is 24.3 Å². The molecule has 4 heteroatoms. The van der Waals surface area contributed by atoms with Gasteiger partial charge < -0.3 is 0 Å². The largest absolute Gasteiger partial charge is 0.298 e. The van der Waals surface area contributed by atoms with Crippen molar-refractivity contribution in [3.05, 3.63) is 98.6 Å². The van der Waals surface area contributed by atoms with Crippen molar-refractivity contribution in [2.75, 3.05) is 0 Å². The molecule has 0 N–H and O–H groups in total. The minimum Gasteiger partial charge on any atom is -0.298 e. The van der Waals surface area contributed by atoms with Gasteiger partial charge in [0, 0.05) is 22.3 Å². The Balaban J connectivity index is 1.77. The second-order valence-corrected chi connectivity index (χ2v) is 7.78. The molecule has 156 valence electrons. The van der Waals surface area contributed by atoms with Crippen molar-refractivity contribution in [2.24, 2.45) is 0 Å². The average molecular weight is 420 g/mol. The summed E-state index contributed by atoms with van der Waals surface area (Å²) < 4.78 is 0. The molecule has 1 aliphatic carbocycles. The Hall–Kier alpha value is -4.18. The van der Waals surface area contributed by atoms with E-state index in [1.165, 1.54) is 0 Å². The predicted octanol–water partition coefficient (Wildman–Crippen LogP) is 5.91. The molecule has 0 radical (unpaired) electrons. The summed E-state index contributed by atoms with van der Waals surface area (Å²) in [6.07, 6.45) is 13.7. The van der Waals surface area contributed by atoms with Crippen LogP contribution in [0.25, 0.3) is 29.0 Å². The maximum absolute atomic E-state index is 11.3. The van der Waals surface area contributed by atoms with E-state index in [-0.39, 0.29) is 0 Å². The third-order valence-electron chi connectivity index (χ3n) is 5.69. The Morgan fingerprint density at radius 1 is 0.594 bits per heavy atom. The molecule has 0 bridgehead atoms. The Morgan fingerprint density at radius 2 is 1.12 bits per heavy atom. The number of allylic oxidation sites excluding steroid dienone is 3. The number of carbonyl (C=O) groups is 4. The highest BCUT2D eigenvalue weighted by atomic mass is 16.1. The first-order valence-corrected chi connectivity index (χ1v) is 10.2. The van der Waals surface area contributed by atoms with E-state index in [0.29, 0.717) is 53.8 Å². The highest BCUT2D eigenvalue weighted by Crippen LogP contribution is 2.28. The highest BCUT2D eigenvalue weighted by molar-refractivity contribution is 6.00. The molecule has 32 heavy (non-hydrogen) atoms. The summed E-state index contributed by atoms with van der Waals surface area (Å²) in [5.41, 5.74) is 6.41. The van der Waals surface area contributed by atoms with E-state index in [2.05, 4.69) is 6.08 Å². The van der Waals surface area contributed by atoms with Crippen LogP contribution in [0.15, 0.2) is 54.1 Å². The number of hydrogen-bond donors (Lipinski definition) is 0. The normalized spacial score (nSPS) is 16.0. The minimum absolute atomic E-state index is 0.374. The first-order chi connectivity index (χ1) is 15.6. The Morgan fingerprint density at radius 3 is 1.72 bits per heavy atom. The molecule has 0 fully saturated rings. The standard InChI is InChI=1S/C28H20O4/c1-18-7-25(14-29)26(15-30)11-22(18)8-19-3-2-4-20-9-23-12-27(16-31)28(17-32)13-24(23)10-21(20)6-5-19/h2,4-17H,3H2,1H3/b4-2-,6-5-,19-8+. The summed E-state index contributed by atoms with van der Waals surface area (Å²) in [5.74, 6) is 0. The van der Waals surface area contributed by atoms with Crippen LogP contribution in [-0.2, 0) is 0 Å². The first-order valence-electron chi connectivity index (χ1n) is 10.2. The second kappa shape index (κ2) is 8.90. The van der Waals surface area contributed by atoms with Crippen LogP contribution < -0.4 is 0 Å². The average Bonchev–Trinajstić information content (AvgIpc) is 2.80. The molecular weight excluding hydrogens is 400 g/mol. The van der Waals surface area contributed by atoms with Gasteiger partial charge in [0.25, 0.3) is 0 Å². The van der Waals surface area contributed by atoms with Crippen LogP contribution in [0.5, 0.6) is 0 Å². The van der Waals surface area contributed by atoms with Crippen LogP contribution in [0.4, 0.5) is 0 Å². The molecule has 3 aromatic rings. The molecule has 0 aliphatic heterocycles. The number of fused-ring (bicyclic) bond motifs is 2. The van der Waals surface area contributed by atoms with Crippen molar-refractivity contribution in [1.29, 1.82) is 0 Å². The second-order valence-electron chi connectivity index (χ2n) is 7.78. The van der Waals surface area contributed by atoms with Gasteiger partial charge in [-0.15, -0.1) is 0 Å². The quantitative estimate of drug-likeness (QED) is 0.481. The van der Waals surface area contributed by atoms with Crippen molar-refractivity contribution in [1.82, 2.24) is 0 Å². The fraction of sp³-hybridized carbons (Fsp3) is 0.0714. The van der Waals surface area contributed by atoms with Gasteiger partial charge in [-0.25, -0.2) is 0 Å². The van der Waals surface area contributed by atoms with Crippen molar-refractivity contribution in [2.45, 2.75) is 13.3 Å². The van der Waals surface area contributed by atoms with Crippen LogP contribution in [0.3, 0.4) is 0 Å². The van der Waals surface area contributed by atoms with Crippen LogP contribution in [-0.4, -0.2) is 25.1 Å². The van der Waals surface area contributed by atoms with Crippen LogP contribution in [0.1, 0.15) is 70.1 Å². The summed E-state index contributed by atoms with van der Waals surface area (Å²) >= 11 is 0. The van der Waals surface area contributed by atoms with Gasteiger partial charge in [0.15, 0.2) is 25.1 Å². The number of carbonyl (C=O) groups excluding carboxylic acids is 4. The predicted molar refractivity (Wildman–Crippen MR) is 127 cm³/mol. The van der Waals surface area contributed by atoms with Gasteiger partial charge in [0.05, 0.1) is 0 Å². The summed E-state index contributed by atoms with van der Waals surface area (Å²) in [4.78, 5) is 45.1. The highest BCUT2D eigenvalue weighted by Gasteiger charge is 2.09.